The number of hydrogen-bond donors (Lipinski definition) is 2. The van der Waals surface area contributed by atoms with Crippen molar-refractivity contribution in [1.29, 1.82) is 0 Å². The van der Waals surface area contributed by atoms with Crippen molar-refractivity contribution in [2.45, 2.75) is 38.3 Å². The van der Waals surface area contributed by atoms with Gasteiger partial charge < -0.3 is 15.2 Å². The number of nitrogens with zero attached hydrogens (tertiary/aromatic N) is 2. The van der Waals surface area contributed by atoms with Crippen LogP contribution in [0.15, 0.2) is 30.5 Å². The first-order valence-corrected chi connectivity index (χ1v) is 8.41. The van der Waals surface area contributed by atoms with Crippen molar-refractivity contribution < 1.29 is 19.0 Å². The van der Waals surface area contributed by atoms with Gasteiger partial charge in [0.1, 0.15) is 5.82 Å². The van der Waals surface area contributed by atoms with Gasteiger partial charge in [-0.2, -0.15) is 5.10 Å². The van der Waals surface area contributed by atoms with Gasteiger partial charge in [-0.25, -0.2) is 9.07 Å². The number of halogens is 1. The van der Waals surface area contributed by atoms with Gasteiger partial charge in [-0.1, -0.05) is 0 Å². The first kappa shape index (κ1) is 16.1. The molecule has 25 heavy (non-hydrogen) atoms. The summed E-state index contributed by atoms with van der Waals surface area (Å²) in [6.07, 6.45) is 4.44. The maximum atomic E-state index is 13.0. The second-order valence-corrected chi connectivity index (χ2v) is 7.19. The van der Waals surface area contributed by atoms with Crippen molar-refractivity contribution in [2.24, 2.45) is 5.41 Å². The maximum absolute atomic E-state index is 13.0. The molecular formula is C18H20FN3O3. The maximum Gasteiger partial charge on any atom is 0.275 e. The van der Waals surface area contributed by atoms with E-state index < -0.39 is 5.91 Å². The van der Waals surface area contributed by atoms with E-state index in [1.807, 2.05) is 0 Å². The van der Waals surface area contributed by atoms with Crippen molar-refractivity contribution in [3.05, 3.63) is 42.0 Å². The topological polar surface area (TPSA) is 76.4 Å². The van der Waals surface area contributed by atoms with Gasteiger partial charge in [0.25, 0.3) is 5.91 Å². The molecule has 2 fully saturated rings. The number of rotatable bonds is 3. The molecule has 7 heteroatoms. The second kappa shape index (κ2) is 5.84. The van der Waals surface area contributed by atoms with Gasteiger partial charge in [0.15, 0.2) is 11.4 Å². The van der Waals surface area contributed by atoms with E-state index in [2.05, 4.69) is 17.3 Å². The van der Waals surface area contributed by atoms with Gasteiger partial charge in [0.2, 0.25) is 0 Å². The molecule has 1 aliphatic carbocycles. The molecule has 4 rings (SSSR count). The van der Waals surface area contributed by atoms with Crippen molar-refractivity contribution in [1.82, 2.24) is 15.1 Å². The highest BCUT2D eigenvalue weighted by molar-refractivity contribution is 5.95. The van der Waals surface area contributed by atoms with Crippen LogP contribution in [0.5, 0.6) is 5.75 Å². The zero-order chi connectivity index (χ0) is 17.6. The summed E-state index contributed by atoms with van der Waals surface area (Å²) in [5, 5.41) is 17.1. The number of nitrogens with one attached hydrogen (secondary N) is 1. The molecule has 1 atom stereocenters. The Bertz CT molecular complexity index is 796. The minimum Gasteiger partial charge on any atom is -0.504 e. The Kier molecular flexibility index (Phi) is 3.76. The molecule has 132 valence electrons. The monoisotopic (exact) mass is 345 g/mol. The molecule has 1 aromatic heterocycles. The molecule has 2 N–H and O–H groups in total. The summed E-state index contributed by atoms with van der Waals surface area (Å²) in [5.41, 5.74) is 0.740. The minimum absolute atomic E-state index is 0.0266. The van der Waals surface area contributed by atoms with Crippen molar-refractivity contribution >= 4 is 5.91 Å². The number of amides is 1. The zero-order valence-electron chi connectivity index (χ0n) is 13.9. The summed E-state index contributed by atoms with van der Waals surface area (Å²) < 4.78 is 20.0. The molecule has 1 saturated heterocycles. The van der Waals surface area contributed by atoms with Crippen LogP contribution < -0.4 is 5.32 Å². The largest absolute Gasteiger partial charge is 0.504 e. The lowest BCUT2D eigenvalue weighted by Crippen LogP contribution is -2.51. The predicted molar refractivity (Wildman–Crippen MR) is 88.1 cm³/mol. The van der Waals surface area contributed by atoms with Crippen LogP contribution in [0.3, 0.4) is 0 Å². The van der Waals surface area contributed by atoms with Crippen LogP contribution >= 0.6 is 0 Å². The molecule has 2 aliphatic rings. The summed E-state index contributed by atoms with van der Waals surface area (Å²) >= 11 is 0. The second-order valence-electron chi connectivity index (χ2n) is 7.19. The van der Waals surface area contributed by atoms with Crippen molar-refractivity contribution in [3.8, 4) is 11.4 Å². The van der Waals surface area contributed by atoms with Crippen LogP contribution in [0.25, 0.3) is 5.69 Å². The third kappa shape index (κ3) is 3.00. The summed E-state index contributed by atoms with van der Waals surface area (Å²) in [6.45, 7) is 2.83. The zero-order valence-corrected chi connectivity index (χ0v) is 13.9. The molecule has 1 aromatic carbocycles. The van der Waals surface area contributed by atoms with E-state index in [0.29, 0.717) is 5.69 Å². The molecule has 1 aliphatic heterocycles. The Morgan fingerprint density at radius 2 is 2.08 bits per heavy atom. The fourth-order valence-electron chi connectivity index (χ4n) is 3.93. The van der Waals surface area contributed by atoms with Gasteiger partial charge in [-0.3, -0.25) is 4.79 Å². The van der Waals surface area contributed by atoms with E-state index in [1.165, 1.54) is 35.1 Å². The molecule has 0 bridgehead atoms. The highest BCUT2D eigenvalue weighted by Crippen LogP contribution is 2.49. The standard InChI is InChI=1S/C18H20FN3O3/c1-11-6-18(10-25-11)7-13(8-18)20-17(24)16-15(23)9-22(21-16)14-4-2-12(19)3-5-14/h2-5,9,11,13,23H,6-8,10H2,1H3,(H,20,24). The Morgan fingerprint density at radius 3 is 2.72 bits per heavy atom. The molecular weight excluding hydrogens is 325 g/mol. The number of hydrogen-bond acceptors (Lipinski definition) is 4. The molecule has 6 nitrogen and oxygen atoms in total. The van der Waals surface area contributed by atoms with Gasteiger partial charge in [0.05, 0.1) is 24.6 Å². The summed E-state index contributed by atoms with van der Waals surface area (Å²) in [7, 11) is 0. The third-order valence-corrected chi connectivity index (χ3v) is 5.09. The van der Waals surface area contributed by atoms with E-state index in [4.69, 9.17) is 4.74 Å². The number of benzene rings is 1. The fourth-order valence-corrected chi connectivity index (χ4v) is 3.93. The molecule has 1 unspecified atom stereocenters. The van der Waals surface area contributed by atoms with E-state index in [-0.39, 0.29) is 34.8 Å². The lowest BCUT2D eigenvalue weighted by atomic mass is 9.64. The molecule has 1 spiro atoms. The fraction of sp³-hybridized carbons (Fsp3) is 0.444. The van der Waals surface area contributed by atoms with Crippen LogP contribution in [0, 0.1) is 11.2 Å². The Labute approximate surface area is 144 Å². The third-order valence-electron chi connectivity index (χ3n) is 5.09. The number of carbonyl (C=O) groups is 1. The van der Waals surface area contributed by atoms with Crippen LogP contribution in [-0.2, 0) is 4.74 Å². The van der Waals surface area contributed by atoms with Crippen LogP contribution in [0.1, 0.15) is 36.7 Å². The SMILES string of the molecule is CC1CC2(CO1)CC(NC(=O)c1nn(-c3ccc(F)cc3)cc1O)C2. The highest BCUT2D eigenvalue weighted by Gasteiger charge is 2.49. The van der Waals surface area contributed by atoms with Gasteiger partial charge in [-0.05, 0) is 50.5 Å². The average Bonchev–Trinajstić information content (AvgIpc) is 3.11. The van der Waals surface area contributed by atoms with E-state index in [0.717, 1.165) is 25.9 Å². The van der Waals surface area contributed by atoms with Crippen LogP contribution in [0.4, 0.5) is 4.39 Å². The minimum atomic E-state index is -0.398. The molecule has 2 heterocycles. The average molecular weight is 345 g/mol. The molecule has 0 radical (unpaired) electrons. The lowest BCUT2D eigenvalue weighted by Gasteiger charge is -2.44. The van der Waals surface area contributed by atoms with Crippen molar-refractivity contribution in [3.63, 3.8) is 0 Å². The van der Waals surface area contributed by atoms with E-state index >= 15 is 0 Å². The Hall–Kier alpha value is -2.41. The Morgan fingerprint density at radius 1 is 1.36 bits per heavy atom. The number of aromatic hydroxyl groups is 1. The molecule has 2 aromatic rings. The van der Waals surface area contributed by atoms with E-state index in [9.17, 15) is 14.3 Å². The smallest absolute Gasteiger partial charge is 0.275 e. The van der Waals surface area contributed by atoms with Gasteiger partial charge >= 0.3 is 0 Å². The van der Waals surface area contributed by atoms with E-state index in [1.54, 1.807) is 0 Å². The molecule has 1 amide bonds. The molecule has 1 saturated carbocycles. The summed E-state index contributed by atoms with van der Waals surface area (Å²) in [4.78, 5) is 12.4. The predicted octanol–water partition coefficient (Wildman–Crippen LogP) is 2.40. The summed E-state index contributed by atoms with van der Waals surface area (Å²) in [5.74, 6) is -0.957. The van der Waals surface area contributed by atoms with Crippen LogP contribution in [0.2, 0.25) is 0 Å². The van der Waals surface area contributed by atoms with Gasteiger partial charge in [-0.15, -0.1) is 0 Å². The summed E-state index contributed by atoms with van der Waals surface area (Å²) in [6, 6.07) is 5.73. The van der Waals surface area contributed by atoms with Gasteiger partial charge in [0, 0.05) is 11.5 Å². The normalized spacial score (nSPS) is 28.1. The van der Waals surface area contributed by atoms with Crippen molar-refractivity contribution in [2.75, 3.05) is 6.61 Å². The first-order valence-electron chi connectivity index (χ1n) is 8.41. The first-order chi connectivity index (χ1) is 11.9. The lowest BCUT2D eigenvalue weighted by molar-refractivity contribution is 0.0467. The van der Waals surface area contributed by atoms with Crippen LogP contribution in [-0.4, -0.2) is 39.5 Å². The quantitative estimate of drug-likeness (QED) is 0.896. The number of carbonyl (C=O) groups excluding carboxylic acids is 1. The number of ether oxygens (including phenoxy) is 1. The highest BCUT2D eigenvalue weighted by atomic mass is 19.1. The number of aromatic nitrogens is 2. The Balaban J connectivity index is 1.42.